The minimum atomic E-state index is -0.0141. The Labute approximate surface area is 101 Å². The first-order valence-corrected chi connectivity index (χ1v) is 5.83. The highest BCUT2D eigenvalue weighted by Gasteiger charge is 2.33. The molecule has 1 aromatic rings. The third kappa shape index (κ3) is 2.39. The Morgan fingerprint density at radius 2 is 2.35 bits per heavy atom. The van der Waals surface area contributed by atoms with Crippen molar-refractivity contribution in [3.63, 3.8) is 0 Å². The van der Waals surface area contributed by atoms with Crippen molar-refractivity contribution in [2.24, 2.45) is 11.8 Å². The van der Waals surface area contributed by atoms with E-state index >= 15 is 0 Å². The molecule has 5 nitrogen and oxygen atoms in total. The Balaban J connectivity index is 2.17. The molecule has 0 bridgehead atoms. The van der Waals surface area contributed by atoms with Crippen LogP contribution >= 0.6 is 0 Å². The van der Waals surface area contributed by atoms with Gasteiger partial charge < -0.3 is 10.3 Å². The SMILES string of the molecule is CC(C1CC1)N(C)C(=O)c1ccncc1NN. The molecule has 0 saturated heterocycles. The van der Waals surface area contributed by atoms with Gasteiger partial charge in [0.2, 0.25) is 0 Å². The molecule has 1 aliphatic carbocycles. The lowest BCUT2D eigenvalue weighted by molar-refractivity contribution is 0.0728. The van der Waals surface area contributed by atoms with E-state index in [4.69, 9.17) is 5.84 Å². The maximum Gasteiger partial charge on any atom is 0.256 e. The summed E-state index contributed by atoms with van der Waals surface area (Å²) in [6.45, 7) is 2.09. The van der Waals surface area contributed by atoms with Crippen LogP contribution in [0.1, 0.15) is 30.1 Å². The molecule has 3 N–H and O–H groups in total. The van der Waals surface area contributed by atoms with Gasteiger partial charge in [0.15, 0.2) is 0 Å². The van der Waals surface area contributed by atoms with Gasteiger partial charge in [-0.25, -0.2) is 0 Å². The number of pyridine rings is 1. The fourth-order valence-corrected chi connectivity index (χ4v) is 1.97. The molecular formula is C12H18N4O. The zero-order valence-electron chi connectivity index (χ0n) is 10.2. The van der Waals surface area contributed by atoms with Gasteiger partial charge in [-0.1, -0.05) is 0 Å². The molecule has 0 aliphatic heterocycles. The second kappa shape index (κ2) is 4.71. The van der Waals surface area contributed by atoms with Crippen LogP contribution in [0.25, 0.3) is 0 Å². The van der Waals surface area contributed by atoms with Crippen LogP contribution < -0.4 is 11.3 Å². The summed E-state index contributed by atoms with van der Waals surface area (Å²) in [5.74, 6) is 6.01. The van der Waals surface area contributed by atoms with E-state index in [-0.39, 0.29) is 11.9 Å². The molecule has 5 heteroatoms. The van der Waals surface area contributed by atoms with E-state index in [1.54, 1.807) is 23.4 Å². The van der Waals surface area contributed by atoms with E-state index in [0.717, 1.165) is 0 Å². The summed E-state index contributed by atoms with van der Waals surface area (Å²) in [6, 6.07) is 1.97. The lowest BCUT2D eigenvalue weighted by atomic mass is 10.1. The third-order valence-electron chi connectivity index (χ3n) is 3.44. The Morgan fingerprint density at radius 3 is 2.94 bits per heavy atom. The average molecular weight is 234 g/mol. The molecule has 92 valence electrons. The molecule has 1 atom stereocenters. The number of anilines is 1. The summed E-state index contributed by atoms with van der Waals surface area (Å²) in [5.41, 5.74) is 3.63. The van der Waals surface area contributed by atoms with Crippen LogP contribution in [-0.2, 0) is 0 Å². The van der Waals surface area contributed by atoms with Gasteiger partial charge in [0.05, 0.1) is 17.4 Å². The van der Waals surface area contributed by atoms with Gasteiger partial charge in [0.1, 0.15) is 0 Å². The molecule has 0 radical (unpaired) electrons. The van der Waals surface area contributed by atoms with Crippen LogP contribution in [-0.4, -0.2) is 28.9 Å². The summed E-state index contributed by atoms with van der Waals surface area (Å²) in [6.07, 6.45) is 5.60. The fourth-order valence-electron chi connectivity index (χ4n) is 1.97. The summed E-state index contributed by atoms with van der Waals surface area (Å²) < 4.78 is 0. The van der Waals surface area contributed by atoms with Crippen molar-refractivity contribution in [1.82, 2.24) is 9.88 Å². The number of nitrogens with one attached hydrogen (secondary N) is 1. The molecule has 1 fully saturated rings. The largest absolute Gasteiger partial charge is 0.339 e. The Morgan fingerprint density at radius 1 is 1.65 bits per heavy atom. The number of hydrogen-bond acceptors (Lipinski definition) is 4. The van der Waals surface area contributed by atoms with Gasteiger partial charge in [-0.3, -0.25) is 15.6 Å². The predicted molar refractivity (Wildman–Crippen MR) is 66.3 cm³/mol. The standard InChI is InChI=1S/C12H18N4O/c1-8(9-3-4-9)16(2)12(17)10-5-6-14-7-11(10)15-13/h5-9,15H,3-4,13H2,1-2H3. The average Bonchev–Trinajstić information content (AvgIpc) is 3.20. The number of nitrogens with zero attached hydrogens (tertiary/aromatic N) is 2. The number of carbonyl (C=O) groups is 1. The molecule has 1 aliphatic rings. The highest BCUT2D eigenvalue weighted by atomic mass is 16.2. The maximum absolute atomic E-state index is 12.3. The molecule has 17 heavy (non-hydrogen) atoms. The maximum atomic E-state index is 12.3. The molecule has 1 aromatic heterocycles. The van der Waals surface area contributed by atoms with Gasteiger partial charge in [-0.15, -0.1) is 0 Å². The number of hydrazine groups is 1. The van der Waals surface area contributed by atoms with Crippen LogP contribution in [0.5, 0.6) is 0 Å². The van der Waals surface area contributed by atoms with Crippen LogP contribution in [0, 0.1) is 5.92 Å². The zero-order valence-corrected chi connectivity index (χ0v) is 10.2. The predicted octanol–water partition coefficient (Wildman–Crippen LogP) is 1.24. The van der Waals surface area contributed by atoms with Crippen molar-refractivity contribution in [1.29, 1.82) is 0 Å². The first-order chi connectivity index (χ1) is 8.15. The highest BCUT2D eigenvalue weighted by molar-refractivity contribution is 5.99. The van der Waals surface area contributed by atoms with Crippen LogP contribution in [0.15, 0.2) is 18.5 Å². The van der Waals surface area contributed by atoms with E-state index in [1.807, 2.05) is 7.05 Å². The number of amides is 1. The second-order valence-electron chi connectivity index (χ2n) is 4.56. The number of carbonyl (C=O) groups excluding carboxylic acids is 1. The summed E-state index contributed by atoms with van der Waals surface area (Å²) in [7, 11) is 1.84. The topological polar surface area (TPSA) is 71.2 Å². The van der Waals surface area contributed by atoms with Crippen LogP contribution in [0.4, 0.5) is 5.69 Å². The van der Waals surface area contributed by atoms with Crippen LogP contribution in [0.2, 0.25) is 0 Å². The van der Waals surface area contributed by atoms with Crippen LogP contribution in [0.3, 0.4) is 0 Å². The monoisotopic (exact) mass is 234 g/mol. The molecule has 0 aromatic carbocycles. The third-order valence-corrected chi connectivity index (χ3v) is 3.44. The normalized spacial score (nSPS) is 16.4. The summed E-state index contributed by atoms with van der Waals surface area (Å²) >= 11 is 0. The quantitative estimate of drug-likeness (QED) is 0.607. The van der Waals surface area contributed by atoms with E-state index in [2.05, 4.69) is 17.3 Å². The second-order valence-corrected chi connectivity index (χ2v) is 4.56. The molecule has 1 heterocycles. The number of rotatable bonds is 4. The number of nitrogens with two attached hydrogens (primary N) is 1. The number of aromatic nitrogens is 1. The summed E-state index contributed by atoms with van der Waals surface area (Å²) in [4.78, 5) is 18.0. The van der Waals surface area contributed by atoms with Gasteiger partial charge >= 0.3 is 0 Å². The molecule has 1 saturated carbocycles. The van der Waals surface area contributed by atoms with Crippen molar-refractivity contribution in [2.75, 3.05) is 12.5 Å². The van der Waals surface area contributed by atoms with E-state index in [9.17, 15) is 4.79 Å². The minimum Gasteiger partial charge on any atom is -0.339 e. The van der Waals surface area contributed by atoms with E-state index < -0.39 is 0 Å². The van der Waals surface area contributed by atoms with Crippen molar-refractivity contribution in [3.8, 4) is 0 Å². The lowest BCUT2D eigenvalue weighted by Crippen LogP contribution is -2.37. The number of nitrogen functional groups attached to an aromatic ring is 1. The van der Waals surface area contributed by atoms with Crippen molar-refractivity contribution in [3.05, 3.63) is 24.0 Å². The number of hydrogen-bond donors (Lipinski definition) is 2. The van der Waals surface area contributed by atoms with Gasteiger partial charge in [-0.05, 0) is 31.7 Å². The smallest absolute Gasteiger partial charge is 0.256 e. The van der Waals surface area contributed by atoms with Crippen molar-refractivity contribution in [2.45, 2.75) is 25.8 Å². The van der Waals surface area contributed by atoms with Crippen molar-refractivity contribution >= 4 is 11.6 Å². The van der Waals surface area contributed by atoms with Crippen molar-refractivity contribution < 1.29 is 4.79 Å². The lowest BCUT2D eigenvalue weighted by Gasteiger charge is -2.25. The first-order valence-electron chi connectivity index (χ1n) is 5.83. The molecule has 1 unspecified atom stereocenters. The molecule has 0 spiro atoms. The molecular weight excluding hydrogens is 216 g/mol. The van der Waals surface area contributed by atoms with E-state index in [0.29, 0.717) is 17.2 Å². The van der Waals surface area contributed by atoms with E-state index in [1.165, 1.54) is 12.8 Å². The Kier molecular flexibility index (Phi) is 3.28. The van der Waals surface area contributed by atoms with Gasteiger partial charge in [0.25, 0.3) is 5.91 Å². The first kappa shape index (κ1) is 11.9. The molecule has 2 rings (SSSR count). The summed E-state index contributed by atoms with van der Waals surface area (Å²) in [5, 5.41) is 0. The zero-order chi connectivity index (χ0) is 12.4. The van der Waals surface area contributed by atoms with Gasteiger partial charge in [0, 0.05) is 19.3 Å². The van der Waals surface area contributed by atoms with Gasteiger partial charge in [-0.2, -0.15) is 0 Å². The Hall–Kier alpha value is -1.62. The fraction of sp³-hybridized carbons (Fsp3) is 0.500. The minimum absolute atomic E-state index is 0.0141. The highest BCUT2D eigenvalue weighted by Crippen LogP contribution is 2.35. The molecule has 1 amide bonds. The Bertz CT molecular complexity index is 417.